The smallest absolute Gasteiger partial charge is 0.305 e. The molecule has 0 fully saturated rings. The lowest BCUT2D eigenvalue weighted by Crippen LogP contribution is -2.44. The van der Waals surface area contributed by atoms with Gasteiger partial charge in [-0.15, -0.1) is 0 Å². The van der Waals surface area contributed by atoms with Crippen LogP contribution in [0.3, 0.4) is 0 Å². The van der Waals surface area contributed by atoms with Crippen molar-refractivity contribution in [2.45, 2.75) is 44.6 Å². The Morgan fingerprint density at radius 1 is 1.21 bits per heavy atom. The second-order valence-corrected chi connectivity index (χ2v) is 9.80. The van der Waals surface area contributed by atoms with E-state index in [1.54, 1.807) is 42.2 Å². The predicted octanol–water partition coefficient (Wildman–Crippen LogP) is 3.80. The van der Waals surface area contributed by atoms with Crippen molar-refractivity contribution in [2.24, 2.45) is 5.92 Å². The summed E-state index contributed by atoms with van der Waals surface area (Å²) in [5.74, 6) is -1.58. The Morgan fingerprint density at radius 3 is 2.77 bits per heavy atom. The number of para-hydroxylation sites is 1. The average Bonchev–Trinajstić information content (AvgIpc) is 3.43. The molecule has 1 aromatic heterocycles. The molecule has 2 atom stereocenters. The minimum atomic E-state index is -1.85. The number of rotatable bonds is 12. The van der Waals surface area contributed by atoms with Gasteiger partial charge in [0.2, 0.25) is 5.91 Å². The van der Waals surface area contributed by atoms with Gasteiger partial charge in [0.1, 0.15) is 0 Å². The van der Waals surface area contributed by atoms with Crippen molar-refractivity contribution in [1.29, 1.82) is 0 Å². The first-order valence-corrected chi connectivity index (χ1v) is 13.2. The van der Waals surface area contributed by atoms with E-state index in [0.717, 1.165) is 16.5 Å². The van der Waals surface area contributed by atoms with E-state index in [1.807, 2.05) is 30.5 Å². The highest BCUT2D eigenvalue weighted by molar-refractivity contribution is 6.08. The highest BCUT2D eigenvalue weighted by atomic mass is 16.5. The first kappa shape index (κ1) is 28.1. The van der Waals surface area contributed by atoms with E-state index in [4.69, 9.17) is 5.11 Å². The van der Waals surface area contributed by atoms with Gasteiger partial charge in [-0.3, -0.25) is 14.4 Å². The monoisotopic (exact) mass is 533 g/mol. The van der Waals surface area contributed by atoms with Crippen LogP contribution in [0.1, 0.15) is 43.7 Å². The number of methoxy groups -OCH3 is 1. The molecule has 0 bridgehead atoms. The van der Waals surface area contributed by atoms with Gasteiger partial charge in [0.05, 0.1) is 19.2 Å². The van der Waals surface area contributed by atoms with E-state index in [1.165, 1.54) is 7.11 Å². The van der Waals surface area contributed by atoms with Crippen LogP contribution in [-0.4, -0.2) is 53.2 Å². The van der Waals surface area contributed by atoms with Crippen molar-refractivity contribution >= 4 is 40.1 Å². The van der Waals surface area contributed by atoms with Crippen molar-refractivity contribution in [3.8, 4) is 0 Å². The molecule has 206 valence electrons. The van der Waals surface area contributed by atoms with Gasteiger partial charge in [-0.1, -0.05) is 37.3 Å². The van der Waals surface area contributed by atoms with Gasteiger partial charge < -0.3 is 30.2 Å². The fraction of sp³-hybridized carbons (Fsp3) is 0.367. The topological polar surface area (TPSA) is 132 Å². The number of hydrogen-bond donors (Lipinski definition) is 4. The maximum atomic E-state index is 13.6. The Labute approximate surface area is 227 Å². The molecule has 0 saturated heterocycles. The van der Waals surface area contributed by atoms with Crippen LogP contribution >= 0.6 is 0 Å². The lowest BCUT2D eigenvalue weighted by atomic mass is 9.82. The molecule has 0 unspecified atom stereocenters. The van der Waals surface area contributed by atoms with E-state index in [2.05, 4.69) is 15.0 Å². The Morgan fingerprint density at radius 2 is 2.00 bits per heavy atom. The molecule has 2 aromatic carbocycles. The number of aliphatic hydroxyl groups excluding tert-OH is 1. The van der Waals surface area contributed by atoms with Crippen LogP contribution < -0.4 is 10.2 Å². The van der Waals surface area contributed by atoms with Crippen molar-refractivity contribution in [2.75, 3.05) is 30.5 Å². The van der Waals surface area contributed by atoms with Crippen LogP contribution in [0.25, 0.3) is 10.9 Å². The van der Waals surface area contributed by atoms with Crippen molar-refractivity contribution in [1.82, 2.24) is 4.98 Å². The van der Waals surface area contributed by atoms with Gasteiger partial charge >= 0.3 is 5.97 Å². The van der Waals surface area contributed by atoms with Gasteiger partial charge in [-0.05, 0) is 49.1 Å². The number of aromatic nitrogens is 1. The first-order chi connectivity index (χ1) is 18.8. The number of hydrogen-bond acceptors (Lipinski definition) is 6. The van der Waals surface area contributed by atoms with E-state index < -0.39 is 17.4 Å². The summed E-state index contributed by atoms with van der Waals surface area (Å²) in [4.78, 5) is 42.7. The fourth-order valence-corrected chi connectivity index (χ4v) is 5.06. The second-order valence-electron chi connectivity index (χ2n) is 9.80. The molecule has 2 amide bonds. The summed E-state index contributed by atoms with van der Waals surface area (Å²) in [5.41, 5.74) is 1.43. The quantitative estimate of drug-likeness (QED) is 0.159. The summed E-state index contributed by atoms with van der Waals surface area (Å²) < 4.78 is 4.69. The third-order valence-corrected chi connectivity index (χ3v) is 7.20. The normalized spacial score (nSPS) is 17.5. The van der Waals surface area contributed by atoms with Crippen molar-refractivity contribution in [3.63, 3.8) is 0 Å². The number of esters is 1. The minimum absolute atomic E-state index is 0.0366. The minimum Gasteiger partial charge on any atom is -0.469 e. The number of fused-ring (bicyclic) bond motifs is 2. The molecule has 0 spiro atoms. The highest BCUT2D eigenvalue weighted by Gasteiger charge is 2.52. The Kier molecular flexibility index (Phi) is 8.83. The van der Waals surface area contributed by atoms with Crippen LogP contribution in [0, 0.1) is 5.92 Å². The number of H-pyrrole nitrogens is 1. The lowest BCUT2D eigenvalue weighted by Gasteiger charge is -2.28. The van der Waals surface area contributed by atoms with Crippen LogP contribution in [0.5, 0.6) is 0 Å². The van der Waals surface area contributed by atoms with Gasteiger partial charge in [-0.25, -0.2) is 0 Å². The van der Waals surface area contributed by atoms with Crippen LogP contribution in [-0.2, 0) is 31.1 Å². The Bertz CT molecular complexity index is 1380. The molecular weight excluding hydrogens is 498 g/mol. The summed E-state index contributed by atoms with van der Waals surface area (Å²) in [5, 5.41) is 24.9. The molecule has 2 heterocycles. The Balaban J connectivity index is 1.57. The molecule has 9 nitrogen and oxygen atoms in total. The van der Waals surface area contributed by atoms with Crippen LogP contribution in [0.2, 0.25) is 0 Å². The summed E-state index contributed by atoms with van der Waals surface area (Å²) in [6, 6.07) is 12.9. The highest BCUT2D eigenvalue weighted by Crippen LogP contribution is 2.46. The van der Waals surface area contributed by atoms with E-state index >= 15 is 0 Å². The Hall–Kier alpha value is -3.95. The molecule has 1 aliphatic heterocycles. The summed E-state index contributed by atoms with van der Waals surface area (Å²) in [6.07, 6.45) is 7.19. The molecule has 0 aliphatic carbocycles. The zero-order valence-corrected chi connectivity index (χ0v) is 22.3. The fourth-order valence-electron chi connectivity index (χ4n) is 5.06. The zero-order chi connectivity index (χ0) is 28.0. The number of benzene rings is 2. The number of anilines is 2. The lowest BCUT2D eigenvalue weighted by molar-refractivity contribution is -0.140. The number of amides is 2. The van der Waals surface area contributed by atoms with E-state index in [9.17, 15) is 19.5 Å². The third kappa shape index (κ3) is 5.89. The molecule has 9 heteroatoms. The number of nitrogens with zero attached hydrogens (tertiary/aromatic N) is 1. The molecular formula is C30H35N3O6. The van der Waals surface area contributed by atoms with E-state index in [0.29, 0.717) is 42.7 Å². The summed E-state index contributed by atoms with van der Waals surface area (Å²) in [7, 11) is 1.34. The maximum Gasteiger partial charge on any atom is 0.305 e. The van der Waals surface area contributed by atoms with Gasteiger partial charge in [-0.2, -0.15) is 0 Å². The summed E-state index contributed by atoms with van der Waals surface area (Å²) in [6.45, 7) is 2.04. The predicted molar refractivity (Wildman–Crippen MR) is 149 cm³/mol. The van der Waals surface area contributed by atoms with Gasteiger partial charge in [0, 0.05) is 53.8 Å². The largest absolute Gasteiger partial charge is 0.469 e. The van der Waals surface area contributed by atoms with Crippen molar-refractivity contribution < 1.29 is 29.3 Å². The number of nitrogens with one attached hydrogen (secondary N) is 2. The number of aromatic amines is 1. The molecule has 4 N–H and O–H groups in total. The van der Waals surface area contributed by atoms with Crippen LogP contribution in [0.4, 0.5) is 11.4 Å². The number of carbonyl (C=O) groups excluding carboxylic acids is 3. The maximum absolute atomic E-state index is 13.6. The first-order valence-electron chi connectivity index (χ1n) is 13.2. The molecule has 4 rings (SSSR count). The molecule has 0 radical (unpaired) electrons. The standard InChI is InChI=1S/C30H35N3O6/c1-20(9-6-8-16-34)30(38)24-18-22(32-27(35)17-21-19-31-25-11-4-3-10-23(21)25)13-14-26(24)33(29(30)37)15-7-5-12-28(36)39-2/h3-4,6,9-11,13-14,18-20,31,34,38H,5,7-8,12,15-17H2,1-2H3,(H,32,35)/b9-6+/t20-,30+/m1/s1. The van der Waals surface area contributed by atoms with Gasteiger partial charge in [0.15, 0.2) is 5.60 Å². The van der Waals surface area contributed by atoms with Crippen LogP contribution in [0.15, 0.2) is 60.8 Å². The van der Waals surface area contributed by atoms with Gasteiger partial charge in [0.25, 0.3) is 5.91 Å². The number of unbranched alkanes of at least 4 members (excludes halogenated alkanes) is 1. The number of carbonyl (C=O) groups is 3. The molecule has 1 aliphatic rings. The number of ether oxygens (including phenoxy) is 1. The SMILES string of the molecule is COC(=O)CCCCN1C(=O)[C@](O)([C@H](C)/C=C/CCO)c2cc(NC(=O)Cc3c[nH]c4ccccc34)ccc21. The number of aliphatic hydroxyl groups is 2. The average molecular weight is 534 g/mol. The molecule has 0 saturated carbocycles. The second kappa shape index (κ2) is 12.3. The zero-order valence-electron chi connectivity index (χ0n) is 22.3. The molecule has 39 heavy (non-hydrogen) atoms. The molecule has 3 aromatic rings. The third-order valence-electron chi connectivity index (χ3n) is 7.20. The van der Waals surface area contributed by atoms with E-state index in [-0.39, 0.29) is 31.3 Å². The van der Waals surface area contributed by atoms with Crippen molar-refractivity contribution in [3.05, 3.63) is 71.9 Å². The summed E-state index contributed by atoms with van der Waals surface area (Å²) >= 11 is 0.